The number of aliphatic hydroxyl groups is 1. The Bertz CT molecular complexity index is 757. The monoisotopic (exact) mass is 428 g/mol. The van der Waals surface area contributed by atoms with Crippen LogP contribution in [0.15, 0.2) is 57.9 Å². The van der Waals surface area contributed by atoms with Crippen LogP contribution >= 0.6 is 15.9 Å². The fourth-order valence-electron chi connectivity index (χ4n) is 2.06. The van der Waals surface area contributed by atoms with E-state index in [0.717, 1.165) is 10.0 Å². The Morgan fingerprint density at radius 2 is 1.72 bits per heavy atom. The zero-order chi connectivity index (χ0) is 18.3. The van der Waals surface area contributed by atoms with Crippen LogP contribution in [0.1, 0.15) is 12.0 Å². The Morgan fingerprint density at radius 3 is 2.32 bits per heavy atom. The van der Waals surface area contributed by atoms with E-state index in [1.807, 2.05) is 31.2 Å². The summed E-state index contributed by atoms with van der Waals surface area (Å²) in [4.78, 5) is 0.112. The van der Waals surface area contributed by atoms with Crippen molar-refractivity contribution in [2.45, 2.75) is 18.2 Å². The van der Waals surface area contributed by atoms with Gasteiger partial charge in [0.15, 0.2) is 0 Å². The molecule has 0 saturated carbocycles. The summed E-state index contributed by atoms with van der Waals surface area (Å²) in [6, 6.07) is 13.8. The summed E-state index contributed by atoms with van der Waals surface area (Å²) in [7, 11) is -3.82. The molecule has 5 nitrogen and oxygen atoms in total. The summed E-state index contributed by atoms with van der Waals surface area (Å²) in [5.74, 6) is 0.392. The lowest BCUT2D eigenvalue weighted by molar-refractivity contribution is 0.142. The SMILES string of the molecule is Cc1ccc(S(=O)(=O)OC[C@@H](CO)CCOc2ccc(Br)cc2)cc1. The molecule has 2 aromatic rings. The Kier molecular flexibility index (Phi) is 7.43. The van der Waals surface area contributed by atoms with Crippen molar-refractivity contribution < 1.29 is 22.4 Å². The molecule has 7 heteroatoms. The van der Waals surface area contributed by atoms with E-state index in [-0.39, 0.29) is 24.0 Å². The van der Waals surface area contributed by atoms with Crippen LogP contribution in [-0.2, 0) is 14.3 Å². The molecule has 0 heterocycles. The molecule has 0 spiro atoms. The summed E-state index contributed by atoms with van der Waals surface area (Å²) < 4.78 is 35.9. The molecule has 2 rings (SSSR count). The lowest BCUT2D eigenvalue weighted by atomic mass is 10.1. The summed E-state index contributed by atoms with van der Waals surface area (Å²) in [5, 5.41) is 9.43. The minimum atomic E-state index is -3.82. The molecule has 0 saturated heterocycles. The summed E-state index contributed by atoms with van der Waals surface area (Å²) in [6.07, 6.45) is 0.482. The number of hydrogen-bond acceptors (Lipinski definition) is 5. The number of aliphatic hydroxyl groups excluding tert-OH is 1. The second-order valence-corrected chi connectivity index (χ2v) is 8.22. The highest BCUT2D eigenvalue weighted by Crippen LogP contribution is 2.18. The second-order valence-electron chi connectivity index (χ2n) is 5.69. The third-order valence-electron chi connectivity index (χ3n) is 3.64. The highest BCUT2D eigenvalue weighted by molar-refractivity contribution is 9.10. The molecule has 0 radical (unpaired) electrons. The van der Waals surface area contributed by atoms with Gasteiger partial charge < -0.3 is 9.84 Å². The first kappa shape index (κ1) is 19.9. The second kappa shape index (κ2) is 9.33. The zero-order valence-corrected chi connectivity index (χ0v) is 16.3. The molecular formula is C18H21BrO5S. The molecule has 0 fully saturated rings. The van der Waals surface area contributed by atoms with Crippen molar-refractivity contribution in [1.82, 2.24) is 0 Å². The lowest BCUT2D eigenvalue weighted by Gasteiger charge is -2.15. The largest absolute Gasteiger partial charge is 0.494 e. The first-order valence-electron chi connectivity index (χ1n) is 7.86. The van der Waals surface area contributed by atoms with Gasteiger partial charge in [0.05, 0.1) is 18.1 Å². The number of rotatable bonds is 9. The predicted molar refractivity (Wildman–Crippen MR) is 99.1 cm³/mol. The van der Waals surface area contributed by atoms with Crippen molar-refractivity contribution in [3.8, 4) is 5.75 Å². The fraction of sp³-hybridized carbons (Fsp3) is 0.333. The molecule has 0 aliphatic carbocycles. The van der Waals surface area contributed by atoms with E-state index in [9.17, 15) is 13.5 Å². The minimum Gasteiger partial charge on any atom is -0.494 e. The molecule has 0 bridgehead atoms. The Balaban J connectivity index is 1.82. The third kappa shape index (κ3) is 6.43. The van der Waals surface area contributed by atoms with E-state index < -0.39 is 10.1 Å². The highest BCUT2D eigenvalue weighted by Gasteiger charge is 2.18. The van der Waals surface area contributed by atoms with Crippen LogP contribution in [0, 0.1) is 12.8 Å². The van der Waals surface area contributed by atoms with E-state index in [2.05, 4.69) is 15.9 Å². The number of ether oxygens (including phenoxy) is 1. The van der Waals surface area contributed by atoms with Crippen molar-refractivity contribution in [2.75, 3.05) is 19.8 Å². The smallest absolute Gasteiger partial charge is 0.296 e. The molecule has 136 valence electrons. The van der Waals surface area contributed by atoms with Crippen molar-refractivity contribution in [2.24, 2.45) is 5.92 Å². The van der Waals surface area contributed by atoms with Gasteiger partial charge in [-0.25, -0.2) is 0 Å². The highest BCUT2D eigenvalue weighted by atomic mass is 79.9. The molecule has 25 heavy (non-hydrogen) atoms. The van der Waals surface area contributed by atoms with E-state index in [0.29, 0.717) is 18.8 Å². The zero-order valence-electron chi connectivity index (χ0n) is 13.9. The molecule has 1 atom stereocenters. The molecule has 2 aromatic carbocycles. The lowest BCUT2D eigenvalue weighted by Crippen LogP contribution is -2.20. The molecule has 0 aliphatic rings. The van der Waals surface area contributed by atoms with Gasteiger partial charge >= 0.3 is 0 Å². The predicted octanol–water partition coefficient (Wildman–Crippen LogP) is 3.54. The molecular weight excluding hydrogens is 408 g/mol. The van der Waals surface area contributed by atoms with Crippen LogP contribution in [-0.4, -0.2) is 33.3 Å². The van der Waals surface area contributed by atoms with Gasteiger partial charge in [0.2, 0.25) is 0 Å². The van der Waals surface area contributed by atoms with E-state index in [1.165, 1.54) is 12.1 Å². The third-order valence-corrected chi connectivity index (χ3v) is 5.46. The van der Waals surface area contributed by atoms with E-state index in [4.69, 9.17) is 8.92 Å². The van der Waals surface area contributed by atoms with Crippen molar-refractivity contribution in [1.29, 1.82) is 0 Å². The van der Waals surface area contributed by atoms with Crippen LogP contribution in [0.3, 0.4) is 0 Å². The maximum Gasteiger partial charge on any atom is 0.296 e. The topological polar surface area (TPSA) is 72.8 Å². The van der Waals surface area contributed by atoms with Gasteiger partial charge in [0.1, 0.15) is 5.75 Å². The number of hydrogen-bond donors (Lipinski definition) is 1. The quantitative estimate of drug-likeness (QED) is 0.618. The van der Waals surface area contributed by atoms with Gasteiger partial charge in [0, 0.05) is 17.0 Å². The Hall–Kier alpha value is -1.41. The normalized spacial score (nSPS) is 12.8. The standard InChI is InChI=1S/C18H21BrO5S/c1-14-2-8-18(9-3-14)25(21,22)24-13-15(12-20)10-11-23-17-6-4-16(19)5-7-17/h2-9,15,20H,10-13H2,1H3/t15-/m1/s1. The maximum absolute atomic E-state index is 12.2. The molecule has 0 aromatic heterocycles. The average Bonchev–Trinajstić information content (AvgIpc) is 2.60. The Morgan fingerprint density at radius 1 is 1.08 bits per heavy atom. The van der Waals surface area contributed by atoms with E-state index >= 15 is 0 Å². The minimum absolute atomic E-state index is 0.0869. The van der Waals surface area contributed by atoms with Crippen LogP contribution in [0.25, 0.3) is 0 Å². The first-order valence-corrected chi connectivity index (χ1v) is 10.1. The summed E-state index contributed by atoms with van der Waals surface area (Å²) in [6.45, 7) is 1.98. The average molecular weight is 429 g/mol. The maximum atomic E-state index is 12.2. The fourth-order valence-corrected chi connectivity index (χ4v) is 3.30. The molecule has 0 aliphatic heterocycles. The van der Waals surface area contributed by atoms with Gasteiger partial charge in [-0.1, -0.05) is 33.6 Å². The van der Waals surface area contributed by atoms with Gasteiger partial charge in [0.25, 0.3) is 10.1 Å². The molecule has 1 N–H and O–H groups in total. The van der Waals surface area contributed by atoms with Crippen molar-refractivity contribution in [3.63, 3.8) is 0 Å². The van der Waals surface area contributed by atoms with Crippen molar-refractivity contribution >= 4 is 26.0 Å². The van der Waals surface area contributed by atoms with Gasteiger partial charge in [-0.05, 0) is 49.7 Å². The van der Waals surface area contributed by atoms with Crippen molar-refractivity contribution in [3.05, 3.63) is 58.6 Å². The van der Waals surface area contributed by atoms with Crippen LogP contribution < -0.4 is 4.74 Å². The number of halogens is 1. The van der Waals surface area contributed by atoms with Crippen LogP contribution in [0.5, 0.6) is 5.75 Å². The van der Waals surface area contributed by atoms with E-state index in [1.54, 1.807) is 12.1 Å². The number of aryl methyl sites for hydroxylation is 1. The van der Waals surface area contributed by atoms with Crippen LogP contribution in [0.2, 0.25) is 0 Å². The molecule has 0 amide bonds. The van der Waals surface area contributed by atoms with Gasteiger partial charge in [-0.3, -0.25) is 4.18 Å². The van der Waals surface area contributed by atoms with Crippen LogP contribution in [0.4, 0.5) is 0 Å². The summed E-state index contributed by atoms with van der Waals surface area (Å²) in [5.41, 5.74) is 0.970. The van der Waals surface area contributed by atoms with Gasteiger partial charge in [-0.2, -0.15) is 8.42 Å². The molecule has 0 unspecified atom stereocenters. The first-order chi connectivity index (χ1) is 11.9. The summed E-state index contributed by atoms with van der Waals surface area (Å²) >= 11 is 3.35. The number of benzene rings is 2. The Labute approximate surface area is 156 Å². The van der Waals surface area contributed by atoms with Gasteiger partial charge in [-0.15, -0.1) is 0 Å².